The topological polar surface area (TPSA) is 44.0 Å². The monoisotopic (exact) mass is 428 g/mol. The van der Waals surface area contributed by atoms with Crippen LogP contribution in [-0.2, 0) is 24.6 Å². The average molecular weight is 429 g/mol. The van der Waals surface area contributed by atoms with Gasteiger partial charge in [0.25, 0.3) is 5.56 Å². The van der Waals surface area contributed by atoms with E-state index in [-0.39, 0.29) is 17.8 Å². The van der Waals surface area contributed by atoms with E-state index >= 15 is 0 Å². The molecule has 4 nitrogen and oxygen atoms in total. The summed E-state index contributed by atoms with van der Waals surface area (Å²) in [6.45, 7) is 0.714. The fourth-order valence-corrected chi connectivity index (χ4v) is 4.57. The first-order chi connectivity index (χ1) is 12.6. The molecule has 0 radical (unpaired) electrons. The summed E-state index contributed by atoms with van der Waals surface area (Å²) >= 11 is 5.18. The van der Waals surface area contributed by atoms with Crippen LogP contribution in [0.1, 0.15) is 22.3 Å². The molecule has 0 N–H and O–H groups in total. The Labute approximate surface area is 163 Å². The molecule has 0 saturated heterocycles. The molecule has 2 aromatic carbocycles. The van der Waals surface area contributed by atoms with Crippen molar-refractivity contribution in [2.45, 2.75) is 24.6 Å². The van der Waals surface area contributed by atoms with E-state index in [1.54, 1.807) is 10.8 Å². The average Bonchev–Trinajstić information content (AvgIpc) is 2.63. The van der Waals surface area contributed by atoms with Crippen LogP contribution in [0.3, 0.4) is 0 Å². The molecule has 2 heterocycles. The Bertz CT molecular complexity index is 1090. The van der Waals surface area contributed by atoms with E-state index in [1.165, 1.54) is 15.7 Å². The Kier molecular flexibility index (Phi) is 4.87. The molecule has 26 heavy (non-hydrogen) atoms. The van der Waals surface area contributed by atoms with Crippen molar-refractivity contribution in [3.8, 4) is 0 Å². The highest BCUT2D eigenvalue weighted by Gasteiger charge is 2.12. The van der Waals surface area contributed by atoms with Crippen LogP contribution < -0.4 is 11.2 Å². The third-order valence-electron chi connectivity index (χ3n) is 4.41. The van der Waals surface area contributed by atoms with E-state index in [4.69, 9.17) is 0 Å². The highest BCUT2D eigenvalue weighted by Crippen LogP contribution is 2.20. The maximum absolute atomic E-state index is 12.9. The second-order valence-electron chi connectivity index (χ2n) is 6.41. The molecule has 1 aliphatic heterocycles. The van der Waals surface area contributed by atoms with Crippen molar-refractivity contribution in [3.05, 3.63) is 102 Å². The van der Waals surface area contributed by atoms with Crippen molar-refractivity contribution < 1.29 is 0 Å². The maximum atomic E-state index is 12.9. The minimum Gasteiger partial charge on any atom is -0.295 e. The number of aromatic nitrogens is 2. The number of benzene rings is 2. The van der Waals surface area contributed by atoms with E-state index < -0.39 is 0 Å². The lowest BCUT2D eigenvalue weighted by Crippen LogP contribution is -2.40. The van der Waals surface area contributed by atoms with Gasteiger partial charge >= 0.3 is 5.69 Å². The van der Waals surface area contributed by atoms with Crippen LogP contribution in [0.25, 0.3) is 0 Å². The lowest BCUT2D eigenvalue weighted by Gasteiger charge is -2.14. The molecule has 6 heteroatoms. The van der Waals surface area contributed by atoms with Gasteiger partial charge in [-0.05, 0) is 38.2 Å². The standard InChI is InChI=1S/C20H17BrN2O2S/c21-18-11-22-9-14-3-1-5-16(7-14)12-26-13-17-6-2-4-15(8-17)10-23(19(18)24)20(22)25/h1-8,11H,9-10,12-13H2. The zero-order valence-electron chi connectivity index (χ0n) is 14.0. The molecule has 132 valence electrons. The van der Waals surface area contributed by atoms with Gasteiger partial charge in [-0.25, -0.2) is 4.79 Å². The molecule has 0 spiro atoms. The van der Waals surface area contributed by atoms with E-state index in [9.17, 15) is 9.59 Å². The molecule has 0 unspecified atom stereocenters. The van der Waals surface area contributed by atoms with Gasteiger partial charge < -0.3 is 0 Å². The normalized spacial score (nSPS) is 13.9. The first-order valence-corrected chi connectivity index (χ1v) is 10.3. The second kappa shape index (κ2) is 7.29. The lowest BCUT2D eigenvalue weighted by molar-refractivity contribution is 0.607. The third kappa shape index (κ3) is 3.57. The van der Waals surface area contributed by atoms with Crippen LogP contribution in [0.15, 0.2) is 68.8 Å². The van der Waals surface area contributed by atoms with Gasteiger partial charge in [0.1, 0.15) is 0 Å². The molecule has 4 rings (SSSR count). The molecule has 0 aliphatic carbocycles. The molecule has 0 atom stereocenters. The van der Waals surface area contributed by atoms with Gasteiger partial charge in [0.2, 0.25) is 0 Å². The first kappa shape index (κ1) is 17.4. The van der Waals surface area contributed by atoms with Crippen LogP contribution in [-0.4, -0.2) is 9.13 Å². The fraction of sp³-hybridized carbons (Fsp3) is 0.200. The Balaban J connectivity index is 1.89. The van der Waals surface area contributed by atoms with Gasteiger partial charge in [-0.2, -0.15) is 11.8 Å². The summed E-state index contributed by atoms with van der Waals surface area (Å²) in [5.74, 6) is 1.83. The van der Waals surface area contributed by atoms with Gasteiger partial charge in [-0.1, -0.05) is 48.5 Å². The largest absolute Gasteiger partial charge is 0.331 e. The Hall–Kier alpha value is -2.05. The SMILES string of the molecule is O=c1c(Br)cn2c(=O)n1Cc1cccc(c1)CSCc1cccc(c1)C2. The maximum Gasteiger partial charge on any atom is 0.331 e. The van der Waals surface area contributed by atoms with Crippen molar-refractivity contribution >= 4 is 27.7 Å². The molecule has 0 amide bonds. The van der Waals surface area contributed by atoms with Gasteiger partial charge in [-0.15, -0.1) is 0 Å². The molecular formula is C20H17BrN2O2S. The zero-order chi connectivity index (χ0) is 18.1. The predicted octanol–water partition coefficient (Wildman–Crippen LogP) is 3.62. The van der Waals surface area contributed by atoms with Crippen molar-refractivity contribution in [1.82, 2.24) is 9.13 Å². The summed E-state index contributed by atoms with van der Waals surface area (Å²) in [4.78, 5) is 25.4. The number of thioether (sulfide) groups is 1. The lowest BCUT2D eigenvalue weighted by atomic mass is 10.1. The fourth-order valence-electron chi connectivity index (χ4n) is 3.17. The summed E-state index contributed by atoms with van der Waals surface area (Å²) in [5.41, 5.74) is 3.86. The molecule has 0 fully saturated rings. The van der Waals surface area contributed by atoms with E-state index in [1.807, 2.05) is 36.0 Å². The Morgan fingerprint density at radius 2 is 1.42 bits per heavy atom. The molecule has 0 saturated carbocycles. The van der Waals surface area contributed by atoms with Crippen molar-refractivity contribution in [2.75, 3.05) is 0 Å². The number of rotatable bonds is 0. The third-order valence-corrected chi connectivity index (χ3v) is 6.03. The first-order valence-electron chi connectivity index (χ1n) is 8.33. The van der Waals surface area contributed by atoms with Crippen LogP contribution in [0.5, 0.6) is 0 Å². The van der Waals surface area contributed by atoms with Gasteiger partial charge in [-0.3, -0.25) is 13.9 Å². The molecule has 1 aromatic heterocycles. The van der Waals surface area contributed by atoms with Gasteiger partial charge in [0.15, 0.2) is 0 Å². The smallest absolute Gasteiger partial charge is 0.295 e. The summed E-state index contributed by atoms with van der Waals surface area (Å²) in [7, 11) is 0. The minimum atomic E-state index is -0.299. The number of hydrogen-bond acceptors (Lipinski definition) is 3. The number of halogens is 1. The number of hydrogen-bond donors (Lipinski definition) is 0. The summed E-state index contributed by atoms with van der Waals surface area (Å²) < 4.78 is 3.28. The van der Waals surface area contributed by atoms with E-state index in [0.29, 0.717) is 11.0 Å². The Morgan fingerprint density at radius 1 is 0.846 bits per heavy atom. The minimum absolute atomic E-state index is 0.273. The summed E-state index contributed by atoms with van der Waals surface area (Å²) in [6.07, 6.45) is 1.59. The van der Waals surface area contributed by atoms with E-state index in [2.05, 4.69) is 40.2 Å². The van der Waals surface area contributed by atoms with Crippen molar-refractivity contribution in [2.24, 2.45) is 0 Å². The van der Waals surface area contributed by atoms with E-state index in [0.717, 1.165) is 22.6 Å². The zero-order valence-corrected chi connectivity index (χ0v) is 16.4. The van der Waals surface area contributed by atoms with Crippen molar-refractivity contribution in [3.63, 3.8) is 0 Å². The summed E-state index contributed by atoms with van der Waals surface area (Å²) in [6, 6.07) is 16.4. The molecule has 1 aliphatic rings. The quantitative estimate of drug-likeness (QED) is 0.549. The second-order valence-corrected chi connectivity index (χ2v) is 8.25. The van der Waals surface area contributed by atoms with Crippen molar-refractivity contribution in [1.29, 1.82) is 0 Å². The van der Waals surface area contributed by atoms with Crippen LogP contribution in [0.2, 0.25) is 0 Å². The molecular weight excluding hydrogens is 412 g/mol. The molecule has 3 aromatic rings. The summed E-state index contributed by atoms with van der Waals surface area (Å²) in [5, 5.41) is 0. The van der Waals surface area contributed by atoms with Gasteiger partial charge in [0, 0.05) is 17.7 Å². The number of fused-ring (bicyclic) bond motifs is 6. The molecule has 6 bridgehead atoms. The van der Waals surface area contributed by atoms with Crippen LogP contribution in [0.4, 0.5) is 0 Å². The Morgan fingerprint density at radius 3 is 2.08 bits per heavy atom. The van der Waals surface area contributed by atoms with Gasteiger partial charge in [0.05, 0.1) is 17.6 Å². The predicted molar refractivity (Wildman–Crippen MR) is 109 cm³/mol. The highest BCUT2D eigenvalue weighted by molar-refractivity contribution is 9.10. The van der Waals surface area contributed by atoms with Crippen LogP contribution >= 0.6 is 27.7 Å². The number of nitrogens with zero attached hydrogens (tertiary/aromatic N) is 2. The highest BCUT2D eigenvalue weighted by atomic mass is 79.9. The van der Waals surface area contributed by atoms with Crippen LogP contribution in [0, 0.1) is 0 Å².